The van der Waals surface area contributed by atoms with E-state index in [9.17, 15) is 4.79 Å². The number of carbonyl (C=O) groups excluding carboxylic acids is 1. The van der Waals surface area contributed by atoms with Crippen LogP contribution in [0.25, 0.3) is 0 Å². The highest BCUT2D eigenvalue weighted by molar-refractivity contribution is 5.81. The SMILES string of the molecule is CCC(N)C(=O)N1CC[C@H](O)C1. The summed E-state index contributed by atoms with van der Waals surface area (Å²) >= 11 is 0. The summed E-state index contributed by atoms with van der Waals surface area (Å²) in [6, 6.07) is -0.393. The van der Waals surface area contributed by atoms with Crippen LogP contribution in [0.2, 0.25) is 0 Å². The van der Waals surface area contributed by atoms with Crippen LogP contribution in [-0.2, 0) is 4.79 Å². The Morgan fingerprint density at radius 1 is 1.83 bits per heavy atom. The van der Waals surface area contributed by atoms with Crippen molar-refractivity contribution in [3.05, 3.63) is 0 Å². The van der Waals surface area contributed by atoms with E-state index in [0.717, 1.165) is 0 Å². The fourth-order valence-corrected chi connectivity index (χ4v) is 1.35. The molecule has 0 radical (unpaired) electrons. The summed E-state index contributed by atoms with van der Waals surface area (Å²) in [7, 11) is 0. The van der Waals surface area contributed by atoms with Gasteiger partial charge < -0.3 is 15.7 Å². The maximum atomic E-state index is 11.4. The number of hydrogen-bond donors (Lipinski definition) is 2. The lowest BCUT2D eigenvalue weighted by Crippen LogP contribution is -2.42. The standard InChI is InChI=1S/C8H16N2O2/c1-2-7(9)8(12)10-4-3-6(11)5-10/h6-7,11H,2-5,9H2,1H3/t6-,7?/m0/s1. The summed E-state index contributed by atoms with van der Waals surface area (Å²) in [5.41, 5.74) is 5.57. The van der Waals surface area contributed by atoms with Crippen molar-refractivity contribution < 1.29 is 9.90 Å². The van der Waals surface area contributed by atoms with Crippen LogP contribution in [-0.4, -0.2) is 41.1 Å². The first-order chi connectivity index (χ1) is 5.65. The number of amides is 1. The predicted molar refractivity (Wildman–Crippen MR) is 45.5 cm³/mol. The summed E-state index contributed by atoms with van der Waals surface area (Å²) in [6.45, 7) is 2.98. The monoisotopic (exact) mass is 172 g/mol. The minimum atomic E-state index is -0.393. The molecule has 1 aliphatic heterocycles. The van der Waals surface area contributed by atoms with Gasteiger partial charge in [-0.3, -0.25) is 4.79 Å². The fraction of sp³-hybridized carbons (Fsp3) is 0.875. The highest BCUT2D eigenvalue weighted by Crippen LogP contribution is 2.10. The topological polar surface area (TPSA) is 66.6 Å². The van der Waals surface area contributed by atoms with E-state index in [-0.39, 0.29) is 12.0 Å². The Labute approximate surface area is 72.3 Å². The first-order valence-electron chi connectivity index (χ1n) is 4.37. The lowest BCUT2D eigenvalue weighted by atomic mass is 10.2. The molecule has 0 bridgehead atoms. The largest absolute Gasteiger partial charge is 0.391 e. The molecule has 1 aliphatic rings. The molecule has 2 atom stereocenters. The van der Waals surface area contributed by atoms with E-state index in [4.69, 9.17) is 10.8 Å². The molecule has 70 valence electrons. The van der Waals surface area contributed by atoms with E-state index in [1.165, 1.54) is 0 Å². The molecule has 1 fully saturated rings. The molecule has 1 unspecified atom stereocenters. The van der Waals surface area contributed by atoms with Crippen LogP contribution in [0.3, 0.4) is 0 Å². The normalized spacial score (nSPS) is 25.9. The summed E-state index contributed by atoms with van der Waals surface area (Å²) in [6.07, 6.45) is 0.992. The summed E-state index contributed by atoms with van der Waals surface area (Å²) < 4.78 is 0. The van der Waals surface area contributed by atoms with E-state index in [1.54, 1.807) is 4.90 Å². The number of hydrogen-bond acceptors (Lipinski definition) is 3. The van der Waals surface area contributed by atoms with Crippen molar-refractivity contribution in [1.82, 2.24) is 4.90 Å². The highest BCUT2D eigenvalue weighted by Gasteiger charge is 2.26. The number of carbonyl (C=O) groups is 1. The zero-order valence-electron chi connectivity index (χ0n) is 7.36. The Morgan fingerprint density at radius 2 is 2.50 bits per heavy atom. The highest BCUT2D eigenvalue weighted by atomic mass is 16.3. The van der Waals surface area contributed by atoms with Gasteiger partial charge >= 0.3 is 0 Å². The van der Waals surface area contributed by atoms with Gasteiger partial charge in [-0.15, -0.1) is 0 Å². The molecule has 4 nitrogen and oxygen atoms in total. The van der Waals surface area contributed by atoms with Crippen molar-refractivity contribution in [2.75, 3.05) is 13.1 Å². The maximum Gasteiger partial charge on any atom is 0.239 e. The van der Waals surface area contributed by atoms with E-state index in [0.29, 0.717) is 25.9 Å². The molecule has 0 spiro atoms. The first kappa shape index (κ1) is 9.48. The zero-order chi connectivity index (χ0) is 9.14. The molecule has 1 rings (SSSR count). The third-order valence-electron chi connectivity index (χ3n) is 2.23. The second-order valence-corrected chi connectivity index (χ2v) is 3.24. The van der Waals surface area contributed by atoms with Gasteiger partial charge in [0.2, 0.25) is 5.91 Å². The van der Waals surface area contributed by atoms with Crippen LogP contribution in [0, 0.1) is 0 Å². The van der Waals surface area contributed by atoms with E-state index in [2.05, 4.69) is 0 Å². The van der Waals surface area contributed by atoms with E-state index in [1.807, 2.05) is 6.92 Å². The molecule has 1 saturated heterocycles. The first-order valence-corrected chi connectivity index (χ1v) is 4.37. The molecule has 0 aromatic rings. The Bertz CT molecular complexity index is 172. The molecule has 1 heterocycles. The summed E-state index contributed by atoms with van der Waals surface area (Å²) in [5, 5.41) is 9.17. The van der Waals surface area contributed by atoms with Gasteiger partial charge in [-0.2, -0.15) is 0 Å². The number of aliphatic hydroxyl groups is 1. The van der Waals surface area contributed by atoms with Gasteiger partial charge in [-0.1, -0.05) is 6.92 Å². The van der Waals surface area contributed by atoms with Crippen LogP contribution in [0.1, 0.15) is 19.8 Å². The van der Waals surface area contributed by atoms with Crippen LogP contribution in [0.15, 0.2) is 0 Å². The van der Waals surface area contributed by atoms with Gasteiger partial charge in [0.15, 0.2) is 0 Å². The Kier molecular flexibility index (Phi) is 3.05. The predicted octanol–water partition coefficient (Wildman–Crippen LogP) is -0.683. The molecule has 4 heteroatoms. The molecule has 0 aliphatic carbocycles. The minimum Gasteiger partial charge on any atom is -0.391 e. The lowest BCUT2D eigenvalue weighted by Gasteiger charge is -2.18. The fourth-order valence-electron chi connectivity index (χ4n) is 1.35. The average molecular weight is 172 g/mol. The molecular formula is C8H16N2O2. The summed E-state index contributed by atoms with van der Waals surface area (Å²) in [5.74, 6) is -0.0333. The van der Waals surface area contributed by atoms with Crippen LogP contribution in [0.5, 0.6) is 0 Å². The van der Waals surface area contributed by atoms with Crippen molar-refractivity contribution in [3.8, 4) is 0 Å². The molecule has 0 saturated carbocycles. The third kappa shape index (κ3) is 1.95. The average Bonchev–Trinajstić information content (AvgIpc) is 2.49. The van der Waals surface area contributed by atoms with Crippen molar-refractivity contribution in [1.29, 1.82) is 0 Å². The van der Waals surface area contributed by atoms with Gasteiger partial charge in [0, 0.05) is 13.1 Å². The van der Waals surface area contributed by atoms with Gasteiger partial charge in [0.05, 0.1) is 12.1 Å². The Balaban J connectivity index is 2.43. The number of rotatable bonds is 2. The number of aliphatic hydroxyl groups excluding tert-OH is 1. The zero-order valence-corrected chi connectivity index (χ0v) is 7.36. The van der Waals surface area contributed by atoms with Crippen molar-refractivity contribution in [3.63, 3.8) is 0 Å². The molecule has 0 aromatic heterocycles. The third-order valence-corrected chi connectivity index (χ3v) is 2.23. The number of nitrogens with zero attached hydrogens (tertiary/aromatic N) is 1. The number of β-amino-alcohol motifs (C(OH)–C–C–N with tert-alkyl or cyclic N) is 1. The molecular weight excluding hydrogens is 156 g/mol. The molecule has 1 amide bonds. The smallest absolute Gasteiger partial charge is 0.239 e. The van der Waals surface area contributed by atoms with Crippen molar-refractivity contribution in [2.45, 2.75) is 31.9 Å². The molecule has 3 N–H and O–H groups in total. The summed E-state index contributed by atoms with van der Waals surface area (Å²) in [4.78, 5) is 13.0. The number of nitrogens with two attached hydrogens (primary N) is 1. The second-order valence-electron chi connectivity index (χ2n) is 3.24. The molecule has 0 aromatic carbocycles. The Hall–Kier alpha value is -0.610. The quantitative estimate of drug-likeness (QED) is 0.580. The lowest BCUT2D eigenvalue weighted by molar-refractivity contribution is -0.131. The molecule has 12 heavy (non-hydrogen) atoms. The van der Waals surface area contributed by atoms with Crippen LogP contribution in [0.4, 0.5) is 0 Å². The van der Waals surface area contributed by atoms with Gasteiger partial charge in [0.1, 0.15) is 0 Å². The van der Waals surface area contributed by atoms with Gasteiger partial charge in [-0.25, -0.2) is 0 Å². The van der Waals surface area contributed by atoms with Gasteiger partial charge in [-0.05, 0) is 12.8 Å². The van der Waals surface area contributed by atoms with Gasteiger partial charge in [0.25, 0.3) is 0 Å². The number of likely N-dealkylation sites (tertiary alicyclic amines) is 1. The minimum absolute atomic E-state index is 0.0333. The van der Waals surface area contributed by atoms with Crippen molar-refractivity contribution in [2.24, 2.45) is 5.73 Å². The second kappa shape index (κ2) is 3.87. The van der Waals surface area contributed by atoms with Crippen LogP contribution >= 0.6 is 0 Å². The van der Waals surface area contributed by atoms with E-state index >= 15 is 0 Å². The van der Waals surface area contributed by atoms with E-state index < -0.39 is 6.04 Å². The van der Waals surface area contributed by atoms with Crippen molar-refractivity contribution >= 4 is 5.91 Å². The van der Waals surface area contributed by atoms with Crippen LogP contribution < -0.4 is 5.73 Å². The Morgan fingerprint density at radius 3 is 2.92 bits per heavy atom. The maximum absolute atomic E-state index is 11.4.